The van der Waals surface area contributed by atoms with E-state index in [1.54, 1.807) is 35.6 Å². The third kappa shape index (κ3) is 5.44. The van der Waals surface area contributed by atoms with Gasteiger partial charge in [0.2, 0.25) is 0 Å². The van der Waals surface area contributed by atoms with E-state index in [1.807, 2.05) is 42.5 Å². The fraction of sp³-hybridized carbons (Fsp3) is 0.0909. The number of carbonyl (C=O) groups is 2. The molecule has 3 aromatic rings. The van der Waals surface area contributed by atoms with Gasteiger partial charge in [-0.1, -0.05) is 54.6 Å². The summed E-state index contributed by atoms with van der Waals surface area (Å²) in [6, 6.07) is 23.1. The van der Waals surface area contributed by atoms with Crippen molar-refractivity contribution in [2.45, 2.75) is 12.7 Å². The molecule has 2 N–H and O–H groups in total. The molecule has 0 heterocycles. The molecule has 0 bridgehead atoms. The van der Waals surface area contributed by atoms with Gasteiger partial charge in [0.15, 0.2) is 0 Å². The van der Waals surface area contributed by atoms with Crippen LogP contribution in [-0.4, -0.2) is 18.0 Å². The summed E-state index contributed by atoms with van der Waals surface area (Å²) in [6.07, 6.45) is -4.93. The molecule has 0 spiro atoms. The summed E-state index contributed by atoms with van der Waals surface area (Å²) in [7, 11) is 0. The second-order valence-electron chi connectivity index (χ2n) is 6.28. The number of alkyl halides is 3. The SMILES string of the molecule is O=C(Nc1cccc(CNC(=O)C(F)(F)F)c1)c1ccc(-c2ccccc2)cc1. The number of hydrogen-bond donors (Lipinski definition) is 2. The van der Waals surface area contributed by atoms with Gasteiger partial charge in [-0.3, -0.25) is 9.59 Å². The highest BCUT2D eigenvalue weighted by Gasteiger charge is 2.38. The van der Waals surface area contributed by atoms with E-state index in [0.717, 1.165) is 11.1 Å². The predicted molar refractivity (Wildman–Crippen MR) is 104 cm³/mol. The van der Waals surface area contributed by atoms with Gasteiger partial charge in [-0.15, -0.1) is 0 Å². The maximum absolute atomic E-state index is 12.4. The Morgan fingerprint density at radius 2 is 1.45 bits per heavy atom. The number of amides is 2. The van der Waals surface area contributed by atoms with Crippen LogP contribution in [0.5, 0.6) is 0 Å². The predicted octanol–water partition coefficient (Wildman–Crippen LogP) is 4.78. The van der Waals surface area contributed by atoms with Gasteiger partial charge in [0, 0.05) is 17.8 Å². The van der Waals surface area contributed by atoms with Crippen molar-refractivity contribution >= 4 is 17.5 Å². The molecule has 2 amide bonds. The quantitative estimate of drug-likeness (QED) is 0.650. The van der Waals surface area contributed by atoms with Crippen molar-refractivity contribution in [3.63, 3.8) is 0 Å². The smallest absolute Gasteiger partial charge is 0.344 e. The molecule has 0 aliphatic heterocycles. The number of rotatable bonds is 5. The number of benzene rings is 3. The van der Waals surface area contributed by atoms with E-state index in [1.165, 1.54) is 6.07 Å². The Hall–Kier alpha value is -3.61. The van der Waals surface area contributed by atoms with E-state index < -0.39 is 12.1 Å². The van der Waals surface area contributed by atoms with Crippen molar-refractivity contribution in [1.82, 2.24) is 5.32 Å². The molecule has 0 atom stereocenters. The second kappa shape index (κ2) is 8.60. The summed E-state index contributed by atoms with van der Waals surface area (Å²) in [5.41, 5.74) is 3.30. The van der Waals surface area contributed by atoms with Crippen molar-refractivity contribution in [3.8, 4) is 11.1 Å². The molecule has 3 rings (SSSR count). The van der Waals surface area contributed by atoms with Gasteiger partial charge in [0.25, 0.3) is 5.91 Å². The number of anilines is 1. The van der Waals surface area contributed by atoms with Gasteiger partial charge in [0.1, 0.15) is 0 Å². The highest BCUT2D eigenvalue weighted by atomic mass is 19.4. The molecule has 0 aliphatic carbocycles. The molecule has 0 aromatic heterocycles. The zero-order valence-electron chi connectivity index (χ0n) is 15.2. The van der Waals surface area contributed by atoms with E-state index in [9.17, 15) is 22.8 Å². The van der Waals surface area contributed by atoms with Gasteiger partial charge in [-0.2, -0.15) is 13.2 Å². The van der Waals surface area contributed by atoms with Crippen LogP contribution >= 0.6 is 0 Å². The molecule has 0 radical (unpaired) electrons. The average molecular weight is 398 g/mol. The Morgan fingerprint density at radius 3 is 2.10 bits per heavy atom. The van der Waals surface area contributed by atoms with Gasteiger partial charge in [-0.25, -0.2) is 0 Å². The summed E-state index contributed by atoms with van der Waals surface area (Å²) in [5, 5.41) is 4.50. The van der Waals surface area contributed by atoms with E-state index in [-0.39, 0.29) is 12.5 Å². The highest BCUT2D eigenvalue weighted by Crippen LogP contribution is 2.20. The summed E-state index contributed by atoms with van der Waals surface area (Å²) in [5.74, 6) is -2.36. The topological polar surface area (TPSA) is 58.2 Å². The van der Waals surface area contributed by atoms with Crippen LogP contribution in [0.1, 0.15) is 15.9 Å². The zero-order valence-corrected chi connectivity index (χ0v) is 15.2. The van der Waals surface area contributed by atoms with Crippen LogP contribution < -0.4 is 10.6 Å². The maximum atomic E-state index is 12.4. The average Bonchev–Trinajstić information content (AvgIpc) is 2.72. The molecule has 7 heteroatoms. The molecule has 0 unspecified atom stereocenters. The first-order valence-electron chi connectivity index (χ1n) is 8.74. The minimum atomic E-state index is -4.93. The lowest BCUT2D eigenvalue weighted by atomic mass is 10.0. The second-order valence-corrected chi connectivity index (χ2v) is 6.28. The molecule has 29 heavy (non-hydrogen) atoms. The summed E-state index contributed by atoms with van der Waals surface area (Å²) < 4.78 is 36.8. The Labute approximate surface area is 165 Å². The standard InChI is InChI=1S/C22H17F3N2O2/c23-22(24,25)21(29)26-14-15-5-4-8-19(13-15)27-20(28)18-11-9-17(10-12-18)16-6-2-1-3-7-16/h1-13H,14H2,(H,26,29)(H,27,28). The van der Waals surface area contributed by atoms with Crippen molar-refractivity contribution in [1.29, 1.82) is 0 Å². The van der Waals surface area contributed by atoms with E-state index in [4.69, 9.17) is 0 Å². The summed E-state index contributed by atoms with van der Waals surface area (Å²) in [4.78, 5) is 23.4. The minimum Gasteiger partial charge on any atom is -0.344 e. The lowest BCUT2D eigenvalue weighted by Gasteiger charge is -2.10. The lowest BCUT2D eigenvalue weighted by Crippen LogP contribution is -2.36. The van der Waals surface area contributed by atoms with Crippen molar-refractivity contribution in [2.75, 3.05) is 5.32 Å². The largest absolute Gasteiger partial charge is 0.471 e. The van der Waals surface area contributed by atoms with Crippen LogP contribution in [0.2, 0.25) is 0 Å². The van der Waals surface area contributed by atoms with Gasteiger partial charge in [-0.05, 0) is 41.0 Å². The molecule has 0 aliphatic rings. The number of nitrogens with one attached hydrogen (secondary N) is 2. The number of halogens is 3. The molecular weight excluding hydrogens is 381 g/mol. The summed E-state index contributed by atoms with van der Waals surface area (Å²) >= 11 is 0. The van der Waals surface area contributed by atoms with Crippen molar-refractivity contribution in [2.24, 2.45) is 0 Å². The third-order valence-corrected chi connectivity index (χ3v) is 4.15. The van der Waals surface area contributed by atoms with Crippen molar-refractivity contribution < 1.29 is 22.8 Å². The first kappa shape index (κ1) is 20.1. The first-order chi connectivity index (χ1) is 13.8. The molecule has 0 fully saturated rings. The van der Waals surface area contributed by atoms with Crippen LogP contribution in [-0.2, 0) is 11.3 Å². The van der Waals surface area contributed by atoms with Crippen LogP contribution in [0.4, 0.5) is 18.9 Å². The molecule has 148 valence electrons. The van der Waals surface area contributed by atoms with Crippen LogP contribution in [0, 0.1) is 0 Å². The fourth-order valence-electron chi connectivity index (χ4n) is 2.69. The van der Waals surface area contributed by atoms with Crippen LogP contribution in [0.3, 0.4) is 0 Å². The number of carbonyl (C=O) groups excluding carboxylic acids is 2. The van der Waals surface area contributed by atoms with E-state index >= 15 is 0 Å². The van der Waals surface area contributed by atoms with E-state index in [2.05, 4.69) is 5.32 Å². The van der Waals surface area contributed by atoms with Crippen molar-refractivity contribution in [3.05, 3.63) is 90.0 Å². The normalized spacial score (nSPS) is 11.0. The van der Waals surface area contributed by atoms with E-state index in [0.29, 0.717) is 16.8 Å². The molecule has 0 saturated carbocycles. The number of hydrogen-bond acceptors (Lipinski definition) is 2. The Morgan fingerprint density at radius 1 is 0.793 bits per heavy atom. The maximum Gasteiger partial charge on any atom is 0.471 e. The lowest BCUT2D eigenvalue weighted by molar-refractivity contribution is -0.173. The highest BCUT2D eigenvalue weighted by molar-refractivity contribution is 6.04. The monoisotopic (exact) mass is 398 g/mol. The zero-order chi connectivity index (χ0) is 20.9. The molecule has 4 nitrogen and oxygen atoms in total. The van der Waals surface area contributed by atoms with Gasteiger partial charge >= 0.3 is 12.1 Å². The first-order valence-corrected chi connectivity index (χ1v) is 8.74. The van der Waals surface area contributed by atoms with Crippen LogP contribution in [0.25, 0.3) is 11.1 Å². The molecule has 0 saturated heterocycles. The molecular formula is C22H17F3N2O2. The Bertz CT molecular complexity index is 1000. The Balaban J connectivity index is 1.64. The Kier molecular flexibility index (Phi) is 5.97. The van der Waals surface area contributed by atoms with Crippen LogP contribution in [0.15, 0.2) is 78.9 Å². The van der Waals surface area contributed by atoms with Gasteiger partial charge in [0.05, 0.1) is 0 Å². The van der Waals surface area contributed by atoms with Gasteiger partial charge < -0.3 is 10.6 Å². The minimum absolute atomic E-state index is 0.298. The fourth-order valence-corrected chi connectivity index (χ4v) is 2.69. The molecule has 3 aromatic carbocycles. The summed E-state index contributed by atoms with van der Waals surface area (Å²) in [6.45, 7) is -0.298. The third-order valence-electron chi connectivity index (χ3n) is 4.15.